The highest BCUT2D eigenvalue weighted by Gasteiger charge is 2.34. The number of aromatic nitrogens is 2. The minimum Gasteiger partial charge on any atom is -0.508 e. The van der Waals surface area contributed by atoms with Gasteiger partial charge in [0.1, 0.15) is 18.0 Å². The highest BCUT2D eigenvalue weighted by molar-refractivity contribution is 6.12. The van der Waals surface area contributed by atoms with Crippen molar-refractivity contribution in [2.75, 3.05) is 62.0 Å². The molecule has 2 aromatic carbocycles. The van der Waals surface area contributed by atoms with Crippen LogP contribution >= 0.6 is 0 Å². The Balaban J connectivity index is 1.55. The average Bonchev–Trinajstić information content (AvgIpc) is 3.52. The van der Waals surface area contributed by atoms with Crippen LogP contribution in [0.2, 0.25) is 0 Å². The topological polar surface area (TPSA) is 138 Å². The number of likely N-dealkylation sites (tertiary alicyclic amines) is 1. The number of anilines is 3. The Morgan fingerprint density at radius 1 is 1.20 bits per heavy atom. The van der Waals surface area contributed by atoms with Gasteiger partial charge in [-0.15, -0.1) is 0 Å². The first-order valence-electron chi connectivity index (χ1n) is 15.7. The van der Waals surface area contributed by atoms with Crippen LogP contribution in [0.3, 0.4) is 0 Å². The molecule has 0 unspecified atom stereocenters. The van der Waals surface area contributed by atoms with Crippen molar-refractivity contribution in [2.24, 2.45) is 0 Å². The van der Waals surface area contributed by atoms with E-state index in [1.807, 2.05) is 43.3 Å². The SMILES string of the molecule is C=CC(=O)N1CCN(c2nc(OC[C@@H]3CCCN3C(C)C)nc(C(=O)Nc3cc(O)cc4ccccc34)c2N(C)C)C[C@@H]1CC#N. The highest BCUT2D eigenvalue weighted by atomic mass is 16.5. The summed E-state index contributed by atoms with van der Waals surface area (Å²) in [6.45, 7) is 10.4. The predicted octanol–water partition coefficient (Wildman–Crippen LogP) is 4.02. The molecular formula is C34H42N8O4. The van der Waals surface area contributed by atoms with Crippen molar-refractivity contribution in [1.82, 2.24) is 19.8 Å². The first-order valence-corrected chi connectivity index (χ1v) is 15.7. The lowest BCUT2D eigenvalue weighted by molar-refractivity contribution is -0.128. The van der Waals surface area contributed by atoms with E-state index in [0.717, 1.165) is 30.2 Å². The fourth-order valence-electron chi connectivity index (χ4n) is 6.48. The van der Waals surface area contributed by atoms with E-state index in [0.29, 0.717) is 49.5 Å². The lowest BCUT2D eigenvalue weighted by atomic mass is 10.1. The van der Waals surface area contributed by atoms with Gasteiger partial charge in [-0.3, -0.25) is 14.5 Å². The Kier molecular flexibility index (Phi) is 9.92. The number of fused-ring (bicyclic) bond motifs is 1. The number of rotatable bonds is 10. The third-order valence-corrected chi connectivity index (χ3v) is 8.66. The van der Waals surface area contributed by atoms with Gasteiger partial charge in [0.05, 0.1) is 24.2 Å². The summed E-state index contributed by atoms with van der Waals surface area (Å²) in [5.41, 5.74) is 1.02. The number of hydrogen-bond acceptors (Lipinski definition) is 10. The zero-order valence-corrected chi connectivity index (χ0v) is 26.9. The minimum atomic E-state index is -0.494. The summed E-state index contributed by atoms with van der Waals surface area (Å²) in [6, 6.07) is 13.1. The number of piperazine rings is 1. The molecule has 5 rings (SSSR count). The molecule has 2 N–H and O–H groups in total. The zero-order valence-electron chi connectivity index (χ0n) is 26.9. The number of ether oxygens (including phenoxy) is 1. The number of aromatic hydroxyl groups is 1. The van der Waals surface area contributed by atoms with Crippen LogP contribution < -0.4 is 19.9 Å². The molecule has 2 fully saturated rings. The standard InChI is InChI=1S/C34H42N8O4/c1-6-29(44)42-17-16-40(20-24(42)13-14-35)32-31(39(4)5)30(37-34(38-32)46-21-25-11-9-15-41(25)22(2)3)33(45)36-28-19-26(43)18-23-10-7-8-12-27(23)28/h6-8,10,12,18-19,22,24-25,43H,1,9,11,13,15-17,20-21H2,2-5H3,(H,36,45)/t24-,25-/m0/s1. The van der Waals surface area contributed by atoms with Crippen molar-refractivity contribution in [3.63, 3.8) is 0 Å². The Morgan fingerprint density at radius 2 is 1.98 bits per heavy atom. The van der Waals surface area contributed by atoms with Gasteiger partial charge < -0.3 is 29.9 Å². The largest absolute Gasteiger partial charge is 0.508 e. The van der Waals surface area contributed by atoms with Gasteiger partial charge in [0.25, 0.3) is 5.91 Å². The Labute approximate surface area is 269 Å². The van der Waals surface area contributed by atoms with Gasteiger partial charge in [0.15, 0.2) is 11.5 Å². The third-order valence-electron chi connectivity index (χ3n) is 8.66. The monoisotopic (exact) mass is 626 g/mol. The maximum absolute atomic E-state index is 14.1. The van der Waals surface area contributed by atoms with Gasteiger partial charge in [0.2, 0.25) is 5.91 Å². The molecule has 242 valence electrons. The van der Waals surface area contributed by atoms with Crippen molar-refractivity contribution in [3.8, 4) is 17.8 Å². The second-order valence-corrected chi connectivity index (χ2v) is 12.2. The number of carbonyl (C=O) groups excluding carboxylic acids is 2. The van der Waals surface area contributed by atoms with Crippen molar-refractivity contribution >= 4 is 39.8 Å². The summed E-state index contributed by atoms with van der Waals surface area (Å²) in [4.78, 5) is 44.1. The first-order chi connectivity index (χ1) is 22.1. The summed E-state index contributed by atoms with van der Waals surface area (Å²) in [5.74, 6) is -0.228. The second kappa shape index (κ2) is 14.0. The molecular weight excluding hydrogens is 584 g/mol. The summed E-state index contributed by atoms with van der Waals surface area (Å²) < 4.78 is 6.26. The van der Waals surface area contributed by atoms with E-state index in [2.05, 4.69) is 41.7 Å². The van der Waals surface area contributed by atoms with E-state index in [1.54, 1.807) is 15.9 Å². The maximum Gasteiger partial charge on any atom is 0.319 e. The molecule has 0 bridgehead atoms. The van der Waals surface area contributed by atoms with Crippen LogP contribution in [0.1, 0.15) is 43.6 Å². The molecule has 3 aromatic rings. The van der Waals surface area contributed by atoms with Crippen LogP contribution in [0.5, 0.6) is 11.8 Å². The van der Waals surface area contributed by atoms with Crippen molar-refractivity contribution in [3.05, 3.63) is 54.7 Å². The number of nitrogens with one attached hydrogen (secondary N) is 1. The van der Waals surface area contributed by atoms with Gasteiger partial charge in [-0.25, -0.2) is 0 Å². The summed E-state index contributed by atoms with van der Waals surface area (Å²) in [5, 5.41) is 24.5. The van der Waals surface area contributed by atoms with E-state index in [9.17, 15) is 20.0 Å². The molecule has 0 spiro atoms. The van der Waals surface area contributed by atoms with Crippen molar-refractivity contribution < 1.29 is 19.4 Å². The van der Waals surface area contributed by atoms with Gasteiger partial charge in [-0.05, 0) is 50.8 Å². The van der Waals surface area contributed by atoms with Gasteiger partial charge in [-0.2, -0.15) is 15.2 Å². The number of phenols is 1. The fourth-order valence-corrected chi connectivity index (χ4v) is 6.48. The summed E-state index contributed by atoms with van der Waals surface area (Å²) >= 11 is 0. The molecule has 1 aromatic heterocycles. The highest BCUT2D eigenvalue weighted by Crippen LogP contribution is 2.35. The van der Waals surface area contributed by atoms with Crippen molar-refractivity contribution in [2.45, 2.75) is 51.2 Å². The number of nitriles is 1. The smallest absolute Gasteiger partial charge is 0.319 e. The summed E-state index contributed by atoms with van der Waals surface area (Å²) in [7, 11) is 3.62. The van der Waals surface area contributed by atoms with E-state index in [4.69, 9.17) is 9.72 Å². The van der Waals surface area contributed by atoms with Gasteiger partial charge in [0, 0.05) is 57.3 Å². The maximum atomic E-state index is 14.1. The number of benzene rings is 2. The molecule has 0 saturated carbocycles. The van der Waals surface area contributed by atoms with Crippen molar-refractivity contribution in [1.29, 1.82) is 5.26 Å². The molecule has 2 aliphatic rings. The van der Waals surface area contributed by atoms with E-state index in [1.165, 1.54) is 12.1 Å². The Hall–Kier alpha value is -4.89. The van der Waals surface area contributed by atoms with Gasteiger partial charge >= 0.3 is 6.01 Å². The van der Waals surface area contributed by atoms with Crippen LogP contribution in [-0.4, -0.2) is 102 Å². The number of phenolic OH excluding ortho intramolecular Hbond substituents is 1. The lowest BCUT2D eigenvalue weighted by Gasteiger charge is -2.41. The Bertz CT molecular complexity index is 1650. The number of nitrogens with zero attached hydrogens (tertiary/aromatic N) is 7. The molecule has 3 heterocycles. The quantitative estimate of drug-likeness (QED) is 0.317. The lowest BCUT2D eigenvalue weighted by Crippen LogP contribution is -2.55. The second-order valence-electron chi connectivity index (χ2n) is 12.2. The molecule has 12 nitrogen and oxygen atoms in total. The van der Waals surface area contributed by atoms with Crippen LogP contribution in [-0.2, 0) is 4.79 Å². The third kappa shape index (κ3) is 6.84. The Morgan fingerprint density at radius 3 is 2.70 bits per heavy atom. The fraction of sp³-hybridized carbons (Fsp3) is 0.441. The minimum absolute atomic E-state index is 0.0241. The van der Waals surface area contributed by atoms with Crippen LogP contribution in [0.15, 0.2) is 49.1 Å². The van der Waals surface area contributed by atoms with E-state index in [-0.39, 0.29) is 35.8 Å². The average molecular weight is 627 g/mol. The number of hydrogen-bond donors (Lipinski definition) is 2. The van der Waals surface area contributed by atoms with Crippen LogP contribution in [0.25, 0.3) is 10.8 Å². The van der Waals surface area contributed by atoms with E-state index < -0.39 is 11.9 Å². The molecule has 12 heteroatoms. The molecule has 0 radical (unpaired) electrons. The van der Waals surface area contributed by atoms with Crippen LogP contribution in [0, 0.1) is 11.3 Å². The number of amides is 2. The normalized spacial score (nSPS) is 18.4. The first kappa shape index (κ1) is 32.5. The molecule has 2 atom stereocenters. The van der Waals surface area contributed by atoms with Crippen LogP contribution in [0.4, 0.5) is 17.2 Å². The predicted molar refractivity (Wildman–Crippen MR) is 178 cm³/mol. The molecule has 2 aliphatic heterocycles. The molecule has 46 heavy (non-hydrogen) atoms. The summed E-state index contributed by atoms with van der Waals surface area (Å²) in [6.07, 6.45) is 3.47. The molecule has 2 saturated heterocycles. The number of carbonyl (C=O) groups is 2. The van der Waals surface area contributed by atoms with Gasteiger partial charge in [-0.1, -0.05) is 30.8 Å². The molecule has 0 aliphatic carbocycles. The molecule has 2 amide bonds. The zero-order chi connectivity index (χ0) is 33.0. The van der Waals surface area contributed by atoms with E-state index >= 15 is 0 Å².